The zero-order valence-corrected chi connectivity index (χ0v) is 9.66. The number of hydrogen-bond donors (Lipinski definition) is 0. The quantitative estimate of drug-likeness (QED) is 0.474. The van der Waals surface area contributed by atoms with Crippen LogP contribution in [-0.2, 0) is 4.21 Å². The molecule has 0 saturated heterocycles. The van der Waals surface area contributed by atoms with Crippen LogP contribution >= 0.6 is 8.15 Å². The Morgan fingerprint density at radius 1 is 1.10 bits per heavy atom. The zero-order valence-electron chi connectivity index (χ0n) is 7.77. The highest BCUT2D eigenvalue weighted by molar-refractivity contribution is 7.54. The molecule has 0 N–H and O–H groups in total. The van der Waals surface area contributed by atoms with Crippen molar-refractivity contribution in [2.45, 2.75) is 33.5 Å². The van der Waals surface area contributed by atoms with Gasteiger partial charge >= 0.3 is 0 Å². The van der Waals surface area contributed by atoms with E-state index < -0.39 is 8.32 Å². The summed E-state index contributed by atoms with van der Waals surface area (Å²) in [6, 6.07) is 0. The molecular formula is C7H19OPSi. The first-order valence-corrected chi connectivity index (χ1v) is 8.97. The van der Waals surface area contributed by atoms with E-state index in [4.69, 9.17) is 4.21 Å². The molecule has 0 aliphatic rings. The topological polar surface area (TPSA) is 9.23 Å². The minimum atomic E-state index is -1.23. The monoisotopic (exact) mass is 178 g/mol. The molecule has 0 aliphatic carbocycles. The third-order valence-electron chi connectivity index (χ3n) is 1.11. The van der Waals surface area contributed by atoms with E-state index in [0.717, 1.165) is 0 Å². The van der Waals surface area contributed by atoms with Crippen LogP contribution in [0.4, 0.5) is 0 Å². The van der Waals surface area contributed by atoms with Crippen LogP contribution in [-0.4, -0.2) is 20.6 Å². The lowest BCUT2D eigenvalue weighted by Gasteiger charge is -2.24. The van der Waals surface area contributed by atoms with Gasteiger partial charge in [-0.25, -0.2) is 0 Å². The summed E-state index contributed by atoms with van der Waals surface area (Å²) in [5, 5.41) is 0. The van der Waals surface area contributed by atoms with Gasteiger partial charge in [0.15, 0.2) is 8.32 Å². The van der Waals surface area contributed by atoms with Crippen LogP contribution in [0.15, 0.2) is 0 Å². The van der Waals surface area contributed by atoms with Gasteiger partial charge in [-0.2, -0.15) is 0 Å². The van der Waals surface area contributed by atoms with Crippen LogP contribution in [0, 0.1) is 0 Å². The van der Waals surface area contributed by atoms with E-state index in [2.05, 4.69) is 33.5 Å². The molecular weight excluding hydrogens is 159 g/mol. The zero-order chi connectivity index (χ0) is 8.20. The van der Waals surface area contributed by atoms with E-state index in [1.807, 2.05) is 0 Å². The highest BCUT2D eigenvalue weighted by atomic mass is 31.1. The van der Waals surface area contributed by atoms with Crippen molar-refractivity contribution in [3.8, 4) is 0 Å². The molecule has 0 aromatic rings. The maximum atomic E-state index is 5.94. The van der Waals surface area contributed by atoms with Crippen LogP contribution in [0.1, 0.15) is 13.8 Å². The molecule has 0 unspecified atom stereocenters. The van der Waals surface area contributed by atoms with E-state index in [9.17, 15) is 0 Å². The smallest absolute Gasteiger partial charge is 0.188 e. The standard InChI is InChI=1S/C7H19OPSi/c1-6-9(7-2)8-10(3,4)5/h6-7H2,1-5H3. The van der Waals surface area contributed by atoms with Crippen LogP contribution in [0.3, 0.4) is 0 Å². The van der Waals surface area contributed by atoms with Crippen molar-refractivity contribution in [2.75, 3.05) is 12.3 Å². The minimum absolute atomic E-state index is 0.0826. The van der Waals surface area contributed by atoms with Crippen LogP contribution in [0.5, 0.6) is 0 Å². The molecule has 0 spiro atoms. The summed E-state index contributed by atoms with van der Waals surface area (Å²) < 4.78 is 5.94. The van der Waals surface area contributed by atoms with Gasteiger partial charge in [0.1, 0.15) is 0 Å². The van der Waals surface area contributed by atoms with Crippen LogP contribution < -0.4 is 0 Å². The molecule has 0 heterocycles. The van der Waals surface area contributed by atoms with Crippen molar-refractivity contribution < 1.29 is 4.21 Å². The molecule has 0 fully saturated rings. The maximum Gasteiger partial charge on any atom is 0.188 e. The van der Waals surface area contributed by atoms with Crippen molar-refractivity contribution in [1.82, 2.24) is 0 Å². The molecule has 0 rings (SSSR count). The van der Waals surface area contributed by atoms with E-state index in [1.165, 1.54) is 12.3 Å². The molecule has 0 bridgehead atoms. The molecule has 62 valence electrons. The van der Waals surface area contributed by atoms with Crippen molar-refractivity contribution in [3.05, 3.63) is 0 Å². The van der Waals surface area contributed by atoms with Gasteiger partial charge < -0.3 is 4.21 Å². The first-order chi connectivity index (χ1) is 4.49. The van der Waals surface area contributed by atoms with Crippen LogP contribution in [0.2, 0.25) is 19.6 Å². The van der Waals surface area contributed by atoms with E-state index in [0.29, 0.717) is 0 Å². The lowest BCUT2D eigenvalue weighted by molar-refractivity contribution is 0.617. The molecule has 3 heteroatoms. The Morgan fingerprint density at radius 2 is 1.50 bits per heavy atom. The third-order valence-corrected chi connectivity index (χ3v) is 5.74. The Morgan fingerprint density at radius 3 is 1.60 bits per heavy atom. The normalized spacial score (nSPS) is 12.6. The lowest BCUT2D eigenvalue weighted by Crippen LogP contribution is -2.23. The van der Waals surface area contributed by atoms with Crippen molar-refractivity contribution in [3.63, 3.8) is 0 Å². The molecule has 0 aromatic carbocycles. The van der Waals surface area contributed by atoms with Gasteiger partial charge in [0.05, 0.1) is 0 Å². The Hall–Kier alpha value is 0.607. The summed E-state index contributed by atoms with van der Waals surface area (Å²) in [6.07, 6.45) is 2.44. The Kier molecular flexibility index (Phi) is 4.75. The predicted molar refractivity (Wildman–Crippen MR) is 52.4 cm³/mol. The largest absolute Gasteiger partial charge is 0.396 e. The average Bonchev–Trinajstić information content (AvgIpc) is 1.81. The maximum absolute atomic E-state index is 5.94. The molecule has 1 nitrogen and oxygen atoms in total. The molecule has 0 amide bonds. The van der Waals surface area contributed by atoms with Gasteiger partial charge in [0.2, 0.25) is 0 Å². The van der Waals surface area contributed by atoms with Gasteiger partial charge in [-0.05, 0) is 32.0 Å². The fourth-order valence-electron chi connectivity index (χ4n) is 0.740. The fourth-order valence-corrected chi connectivity index (χ4v) is 5.32. The molecule has 0 atom stereocenters. The summed E-state index contributed by atoms with van der Waals surface area (Å²) in [7, 11) is -1.32. The lowest BCUT2D eigenvalue weighted by atomic mass is 11.0. The second-order valence-electron chi connectivity index (χ2n) is 3.32. The predicted octanol–water partition coefficient (Wildman–Crippen LogP) is 3.27. The van der Waals surface area contributed by atoms with Crippen molar-refractivity contribution >= 4 is 16.5 Å². The highest BCUT2D eigenvalue weighted by Gasteiger charge is 2.18. The number of rotatable bonds is 4. The van der Waals surface area contributed by atoms with Gasteiger partial charge in [-0.3, -0.25) is 0 Å². The summed E-state index contributed by atoms with van der Waals surface area (Å²) in [6.45, 7) is 11.2. The van der Waals surface area contributed by atoms with E-state index in [1.54, 1.807) is 0 Å². The van der Waals surface area contributed by atoms with Gasteiger partial charge in [0, 0.05) is 8.15 Å². The van der Waals surface area contributed by atoms with Crippen molar-refractivity contribution in [1.29, 1.82) is 0 Å². The summed E-state index contributed by atoms with van der Waals surface area (Å²) >= 11 is 0. The summed E-state index contributed by atoms with van der Waals surface area (Å²) in [4.78, 5) is 0. The molecule has 0 radical (unpaired) electrons. The second-order valence-corrected chi connectivity index (χ2v) is 10.5. The van der Waals surface area contributed by atoms with Crippen molar-refractivity contribution in [2.24, 2.45) is 0 Å². The summed E-state index contributed by atoms with van der Waals surface area (Å²) in [5.41, 5.74) is 0. The molecule has 0 aliphatic heterocycles. The first-order valence-electron chi connectivity index (χ1n) is 3.93. The van der Waals surface area contributed by atoms with Crippen LogP contribution in [0.25, 0.3) is 0 Å². The second kappa shape index (κ2) is 4.48. The Bertz CT molecular complexity index is 86.1. The fraction of sp³-hybridized carbons (Fsp3) is 1.00. The highest BCUT2D eigenvalue weighted by Crippen LogP contribution is 2.38. The Labute approximate surface area is 67.1 Å². The average molecular weight is 178 g/mol. The van der Waals surface area contributed by atoms with Gasteiger partial charge in [-0.1, -0.05) is 13.8 Å². The molecule has 0 saturated carbocycles. The first kappa shape index (κ1) is 10.6. The SMILES string of the molecule is CCP(CC)O[Si](C)(C)C. The Balaban J connectivity index is 3.63. The third kappa shape index (κ3) is 5.40. The molecule has 0 aromatic heterocycles. The van der Waals surface area contributed by atoms with E-state index >= 15 is 0 Å². The van der Waals surface area contributed by atoms with E-state index in [-0.39, 0.29) is 8.15 Å². The summed E-state index contributed by atoms with van der Waals surface area (Å²) in [5.74, 6) is 0. The minimum Gasteiger partial charge on any atom is -0.396 e. The number of hydrogen-bond acceptors (Lipinski definition) is 1. The molecule has 10 heavy (non-hydrogen) atoms. The van der Waals surface area contributed by atoms with Gasteiger partial charge in [-0.15, -0.1) is 0 Å². The van der Waals surface area contributed by atoms with Gasteiger partial charge in [0.25, 0.3) is 0 Å².